The first-order chi connectivity index (χ1) is 10.1. The molecule has 5 heteroatoms. The van der Waals surface area contributed by atoms with Gasteiger partial charge in [-0.25, -0.2) is 0 Å². The van der Waals surface area contributed by atoms with Gasteiger partial charge in [0, 0.05) is 18.7 Å². The maximum Gasteiger partial charge on any atom is 0.242 e. The molecule has 1 heterocycles. The molecular formula is C16H19N3O2. The minimum absolute atomic E-state index is 0.00354. The van der Waals surface area contributed by atoms with E-state index >= 15 is 0 Å². The Morgan fingerprint density at radius 2 is 1.90 bits per heavy atom. The molecule has 0 unspecified atom stereocenters. The summed E-state index contributed by atoms with van der Waals surface area (Å²) in [5, 5.41) is 0. The molecule has 0 bridgehead atoms. The van der Waals surface area contributed by atoms with Gasteiger partial charge in [-0.2, -0.15) is 0 Å². The highest BCUT2D eigenvalue weighted by molar-refractivity contribution is 5.92. The lowest BCUT2D eigenvalue weighted by atomic mass is 10.1. The lowest BCUT2D eigenvalue weighted by Crippen LogP contribution is -2.53. The maximum atomic E-state index is 12.1. The van der Waals surface area contributed by atoms with Crippen LogP contribution in [0, 0.1) is 11.8 Å². The van der Waals surface area contributed by atoms with E-state index in [1.807, 2.05) is 31.2 Å². The zero-order valence-corrected chi connectivity index (χ0v) is 12.1. The van der Waals surface area contributed by atoms with Gasteiger partial charge in [-0.15, -0.1) is 0 Å². The Balaban J connectivity index is 2.08. The van der Waals surface area contributed by atoms with E-state index in [-0.39, 0.29) is 24.9 Å². The number of rotatable bonds is 3. The fourth-order valence-electron chi connectivity index (χ4n) is 2.26. The van der Waals surface area contributed by atoms with Crippen LogP contribution in [0.15, 0.2) is 24.3 Å². The molecule has 110 valence electrons. The predicted molar refractivity (Wildman–Crippen MR) is 80.0 cm³/mol. The van der Waals surface area contributed by atoms with Gasteiger partial charge in [-0.05, 0) is 24.6 Å². The normalized spacial score (nSPS) is 15.0. The molecule has 2 rings (SSSR count). The summed E-state index contributed by atoms with van der Waals surface area (Å²) in [4.78, 5) is 27.1. The molecule has 0 spiro atoms. The van der Waals surface area contributed by atoms with Crippen molar-refractivity contribution in [1.29, 1.82) is 0 Å². The monoisotopic (exact) mass is 285 g/mol. The molecule has 5 nitrogen and oxygen atoms in total. The van der Waals surface area contributed by atoms with Crippen LogP contribution >= 0.6 is 0 Å². The number of carbonyl (C=O) groups is 2. The minimum Gasteiger partial charge on any atom is -0.332 e. The Morgan fingerprint density at radius 3 is 2.62 bits per heavy atom. The van der Waals surface area contributed by atoms with E-state index in [4.69, 9.17) is 5.73 Å². The second-order valence-corrected chi connectivity index (χ2v) is 4.86. The smallest absolute Gasteiger partial charge is 0.242 e. The molecule has 0 aromatic heterocycles. The van der Waals surface area contributed by atoms with Gasteiger partial charge in [-0.1, -0.05) is 24.0 Å². The highest BCUT2D eigenvalue weighted by Gasteiger charge is 2.28. The lowest BCUT2D eigenvalue weighted by Gasteiger charge is -2.33. The highest BCUT2D eigenvalue weighted by atomic mass is 16.2. The summed E-state index contributed by atoms with van der Waals surface area (Å²) < 4.78 is 0. The van der Waals surface area contributed by atoms with Gasteiger partial charge in [0.1, 0.15) is 6.54 Å². The SMILES string of the molecule is CCN1CC(=O)N(Cc2cccc(C#CCN)c2)CC1=O. The summed E-state index contributed by atoms with van der Waals surface area (Å²) in [6.07, 6.45) is 0. The van der Waals surface area contributed by atoms with Gasteiger partial charge >= 0.3 is 0 Å². The molecule has 2 amide bonds. The van der Waals surface area contributed by atoms with E-state index in [0.29, 0.717) is 19.6 Å². The average Bonchev–Trinajstić information content (AvgIpc) is 2.49. The highest BCUT2D eigenvalue weighted by Crippen LogP contribution is 2.12. The van der Waals surface area contributed by atoms with Crippen LogP contribution in [0.2, 0.25) is 0 Å². The number of benzene rings is 1. The number of hydrogen-bond acceptors (Lipinski definition) is 3. The molecule has 1 aromatic carbocycles. The molecule has 1 saturated heterocycles. The fourth-order valence-corrected chi connectivity index (χ4v) is 2.26. The number of piperazine rings is 1. The van der Waals surface area contributed by atoms with Crippen molar-refractivity contribution in [1.82, 2.24) is 9.80 Å². The Bertz CT molecular complexity index is 601. The first-order valence-electron chi connectivity index (χ1n) is 6.97. The van der Waals surface area contributed by atoms with Crippen molar-refractivity contribution in [2.24, 2.45) is 5.73 Å². The van der Waals surface area contributed by atoms with Crippen molar-refractivity contribution in [3.05, 3.63) is 35.4 Å². The zero-order chi connectivity index (χ0) is 15.2. The van der Waals surface area contributed by atoms with Crippen LogP contribution in [0.5, 0.6) is 0 Å². The minimum atomic E-state index is -0.0186. The van der Waals surface area contributed by atoms with Gasteiger partial charge in [0.15, 0.2) is 0 Å². The number of nitrogens with two attached hydrogens (primary N) is 1. The van der Waals surface area contributed by atoms with Crippen LogP contribution in [0.3, 0.4) is 0 Å². The first-order valence-corrected chi connectivity index (χ1v) is 6.97. The summed E-state index contributed by atoms with van der Waals surface area (Å²) in [6.45, 7) is 3.51. The van der Waals surface area contributed by atoms with Crippen molar-refractivity contribution in [3.8, 4) is 11.8 Å². The van der Waals surface area contributed by atoms with Gasteiger partial charge in [0.2, 0.25) is 11.8 Å². The lowest BCUT2D eigenvalue weighted by molar-refractivity contribution is -0.150. The Hall–Kier alpha value is -2.32. The Labute approximate surface area is 124 Å². The second kappa shape index (κ2) is 6.91. The third kappa shape index (κ3) is 3.83. The fraction of sp³-hybridized carbons (Fsp3) is 0.375. The van der Waals surface area contributed by atoms with Gasteiger partial charge < -0.3 is 15.5 Å². The predicted octanol–water partition coefficient (Wildman–Crippen LogP) is 0.188. The number of likely N-dealkylation sites (N-methyl/N-ethyl adjacent to an activating group) is 1. The van der Waals surface area contributed by atoms with Gasteiger partial charge in [0.25, 0.3) is 0 Å². The molecule has 21 heavy (non-hydrogen) atoms. The molecule has 1 aliphatic heterocycles. The van der Waals surface area contributed by atoms with Crippen molar-refractivity contribution < 1.29 is 9.59 Å². The largest absolute Gasteiger partial charge is 0.332 e. The van der Waals surface area contributed by atoms with Crippen LogP contribution in [0.25, 0.3) is 0 Å². The first kappa shape index (κ1) is 15.1. The van der Waals surface area contributed by atoms with Crippen molar-refractivity contribution in [2.75, 3.05) is 26.2 Å². The average molecular weight is 285 g/mol. The topological polar surface area (TPSA) is 66.6 Å². The quantitative estimate of drug-likeness (QED) is 0.806. The van der Waals surface area contributed by atoms with Gasteiger partial charge in [0.05, 0.1) is 13.1 Å². The van der Waals surface area contributed by atoms with Crippen molar-refractivity contribution in [2.45, 2.75) is 13.5 Å². The summed E-state index contributed by atoms with van der Waals surface area (Å²) in [7, 11) is 0. The number of hydrogen-bond donors (Lipinski definition) is 1. The van der Waals surface area contributed by atoms with E-state index < -0.39 is 0 Å². The molecule has 1 aliphatic rings. The maximum absolute atomic E-state index is 12.1. The summed E-state index contributed by atoms with van der Waals surface area (Å²) >= 11 is 0. The molecule has 0 saturated carbocycles. The molecular weight excluding hydrogens is 266 g/mol. The molecule has 0 aliphatic carbocycles. The molecule has 0 atom stereocenters. The van der Waals surface area contributed by atoms with Crippen LogP contribution in [-0.4, -0.2) is 47.8 Å². The van der Waals surface area contributed by atoms with Crippen molar-refractivity contribution in [3.63, 3.8) is 0 Å². The van der Waals surface area contributed by atoms with Crippen LogP contribution in [0.1, 0.15) is 18.1 Å². The van der Waals surface area contributed by atoms with E-state index in [0.717, 1.165) is 11.1 Å². The van der Waals surface area contributed by atoms with Crippen molar-refractivity contribution >= 4 is 11.8 Å². The summed E-state index contributed by atoms with van der Waals surface area (Å²) in [5.74, 6) is 5.74. The van der Waals surface area contributed by atoms with E-state index in [9.17, 15) is 9.59 Å². The summed E-state index contributed by atoms with van der Waals surface area (Å²) in [5.41, 5.74) is 7.18. The molecule has 1 fully saturated rings. The number of nitrogens with zero attached hydrogens (tertiary/aromatic N) is 2. The molecule has 2 N–H and O–H groups in total. The number of carbonyl (C=O) groups excluding carboxylic acids is 2. The third-order valence-electron chi connectivity index (χ3n) is 3.37. The summed E-state index contributed by atoms with van der Waals surface area (Å²) in [6, 6.07) is 7.64. The number of amides is 2. The van der Waals surface area contributed by atoms with Gasteiger partial charge in [-0.3, -0.25) is 9.59 Å². The third-order valence-corrected chi connectivity index (χ3v) is 3.37. The Morgan fingerprint density at radius 1 is 1.19 bits per heavy atom. The zero-order valence-electron chi connectivity index (χ0n) is 12.1. The van der Waals surface area contributed by atoms with E-state index in [1.165, 1.54) is 0 Å². The van der Waals surface area contributed by atoms with E-state index in [1.54, 1.807) is 9.80 Å². The van der Waals surface area contributed by atoms with Crippen LogP contribution in [-0.2, 0) is 16.1 Å². The second-order valence-electron chi connectivity index (χ2n) is 4.86. The Kier molecular flexibility index (Phi) is 4.96. The van der Waals surface area contributed by atoms with E-state index in [2.05, 4.69) is 11.8 Å². The van der Waals surface area contributed by atoms with Crippen LogP contribution in [0.4, 0.5) is 0 Å². The molecule has 1 aromatic rings. The van der Waals surface area contributed by atoms with Crippen LogP contribution < -0.4 is 5.73 Å². The standard InChI is InChI=1S/C16H19N3O2/c1-2-18-11-16(21)19(12-15(18)20)10-14-6-3-5-13(9-14)7-4-8-17/h3,5-6,9H,2,8,10-12,17H2,1H3. The molecule has 0 radical (unpaired) electrons.